The molecule has 2 saturated heterocycles. The number of nitrogens with zero attached hydrogens (tertiary/aromatic N) is 1. The minimum absolute atomic E-state index is 0.0154. The van der Waals surface area contributed by atoms with Crippen LogP contribution in [0.5, 0.6) is 0 Å². The largest absolute Gasteiger partial charge is 0.348 e. The molecule has 1 aromatic carbocycles. The fourth-order valence-electron chi connectivity index (χ4n) is 3.23. The molecule has 0 saturated carbocycles. The monoisotopic (exact) mass is 338 g/mol. The molecule has 2 aliphatic heterocycles. The quantitative estimate of drug-likeness (QED) is 0.915. The first kappa shape index (κ1) is 16.7. The Balaban J connectivity index is 1.47. The van der Waals surface area contributed by atoms with Gasteiger partial charge in [0.05, 0.1) is 25.8 Å². The Morgan fingerprint density at radius 2 is 1.96 bits per heavy atom. The topological polar surface area (TPSA) is 50.8 Å². The molecule has 3 rings (SSSR count). The van der Waals surface area contributed by atoms with E-state index < -0.39 is 5.79 Å². The highest BCUT2D eigenvalue weighted by atomic mass is 35.5. The van der Waals surface area contributed by atoms with Crippen LogP contribution in [0.1, 0.15) is 31.4 Å². The number of nitrogens with one attached hydrogen (secondary N) is 1. The molecule has 1 amide bonds. The number of benzene rings is 1. The highest BCUT2D eigenvalue weighted by molar-refractivity contribution is 6.31. The number of likely N-dealkylation sites (tertiary alicyclic amines) is 1. The Kier molecular flexibility index (Phi) is 5.21. The van der Waals surface area contributed by atoms with Gasteiger partial charge in [-0.1, -0.05) is 29.8 Å². The van der Waals surface area contributed by atoms with Crippen LogP contribution in [0.25, 0.3) is 0 Å². The lowest BCUT2D eigenvalue weighted by Gasteiger charge is -2.37. The number of piperidine rings is 1. The molecular weight excluding hydrogens is 316 g/mol. The third-order valence-electron chi connectivity index (χ3n) is 4.55. The van der Waals surface area contributed by atoms with Crippen LogP contribution in [-0.2, 0) is 14.3 Å². The molecule has 1 N–H and O–H groups in total. The second kappa shape index (κ2) is 7.18. The zero-order chi connectivity index (χ0) is 16.3. The Morgan fingerprint density at radius 3 is 2.61 bits per heavy atom. The normalized spacial score (nSPS) is 22.2. The Hall–Kier alpha value is -1.14. The van der Waals surface area contributed by atoms with Gasteiger partial charge in [-0.05, 0) is 18.6 Å². The minimum atomic E-state index is -0.391. The summed E-state index contributed by atoms with van der Waals surface area (Å²) in [5, 5.41) is 3.69. The first-order chi connectivity index (χ1) is 11.1. The molecule has 2 heterocycles. The maximum absolute atomic E-state index is 12.3. The molecule has 23 heavy (non-hydrogen) atoms. The number of carbonyl (C=O) groups is 1. The molecule has 5 nitrogen and oxygen atoms in total. The second-order valence-corrected chi connectivity index (χ2v) is 6.60. The lowest BCUT2D eigenvalue weighted by molar-refractivity contribution is -0.185. The van der Waals surface area contributed by atoms with Crippen LogP contribution in [0.15, 0.2) is 24.3 Å². The summed E-state index contributed by atoms with van der Waals surface area (Å²) in [7, 11) is 0. The van der Waals surface area contributed by atoms with Crippen molar-refractivity contribution in [3.8, 4) is 0 Å². The summed E-state index contributed by atoms with van der Waals surface area (Å²) < 4.78 is 11.4. The maximum Gasteiger partial charge on any atom is 0.234 e. The molecule has 1 atom stereocenters. The van der Waals surface area contributed by atoms with E-state index in [9.17, 15) is 4.79 Å². The summed E-state index contributed by atoms with van der Waals surface area (Å²) in [5.74, 6) is -0.376. The number of halogens is 1. The molecule has 126 valence electrons. The predicted octanol–water partition coefficient (Wildman–Crippen LogP) is 2.36. The Labute approximate surface area is 141 Å². The van der Waals surface area contributed by atoms with Gasteiger partial charge in [0.25, 0.3) is 0 Å². The molecule has 0 aromatic heterocycles. The smallest absolute Gasteiger partial charge is 0.234 e. The van der Waals surface area contributed by atoms with Crippen LogP contribution in [-0.4, -0.2) is 49.4 Å². The highest BCUT2D eigenvalue weighted by Gasteiger charge is 2.39. The summed E-state index contributed by atoms with van der Waals surface area (Å²) in [5.41, 5.74) is 0.938. The molecule has 0 aliphatic carbocycles. The summed E-state index contributed by atoms with van der Waals surface area (Å²) >= 11 is 6.17. The van der Waals surface area contributed by atoms with Crippen molar-refractivity contribution < 1.29 is 14.3 Å². The van der Waals surface area contributed by atoms with Gasteiger partial charge in [0.2, 0.25) is 5.91 Å². The van der Waals surface area contributed by atoms with Crippen molar-refractivity contribution in [1.29, 1.82) is 0 Å². The molecule has 0 bridgehead atoms. The van der Waals surface area contributed by atoms with Gasteiger partial charge in [0.1, 0.15) is 0 Å². The van der Waals surface area contributed by atoms with Gasteiger partial charge in [0, 0.05) is 31.0 Å². The van der Waals surface area contributed by atoms with E-state index in [0.29, 0.717) is 24.8 Å². The SMILES string of the molecule is CC(NC(=O)CN1CCC2(CC1)OCCO2)c1ccccc1Cl. The summed E-state index contributed by atoms with van der Waals surface area (Å²) in [6, 6.07) is 7.48. The van der Waals surface area contributed by atoms with Crippen molar-refractivity contribution >= 4 is 17.5 Å². The number of hydrogen-bond acceptors (Lipinski definition) is 4. The standard InChI is InChI=1S/C17H23ClN2O3/c1-13(14-4-2-3-5-15(14)18)19-16(21)12-20-8-6-17(7-9-20)22-10-11-23-17/h2-5,13H,6-12H2,1H3,(H,19,21). The number of carbonyl (C=O) groups excluding carboxylic acids is 1. The van der Waals surface area contributed by atoms with Gasteiger partial charge in [-0.3, -0.25) is 9.69 Å². The van der Waals surface area contributed by atoms with Gasteiger partial charge in [-0.2, -0.15) is 0 Å². The third-order valence-corrected chi connectivity index (χ3v) is 4.89. The van der Waals surface area contributed by atoms with Crippen molar-refractivity contribution in [2.24, 2.45) is 0 Å². The molecule has 2 fully saturated rings. The molecule has 1 spiro atoms. The molecule has 0 radical (unpaired) electrons. The van der Waals surface area contributed by atoms with E-state index in [-0.39, 0.29) is 11.9 Å². The summed E-state index contributed by atoms with van der Waals surface area (Å²) in [4.78, 5) is 14.4. The Morgan fingerprint density at radius 1 is 1.30 bits per heavy atom. The summed E-state index contributed by atoms with van der Waals surface area (Å²) in [6.07, 6.45) is 1.64. The number of ether oxygens (including phenoxy) is 2. The van der Waals surface area contributed by atoms with Crippen LogP contribution >= 0.6 is 11.6 Å². The van der Waals surface area contributed by atoms with Gasteiger partial charge >= 0.3 is 0 Å². The van der Waals surface area contributed by atoms with Crippen molar-refractivity contribution in [1.82, 2.24) is 10.2 Å². The van der Waals surface area contributed by atoms with Gasteiger partial charge < -0.3 is 14.8 Å². The van der Waals surface area contributed by atoms with Crippen molar-refractivity contribution in [2.75, 3.05) is 32.8 Å². The fraction of sp³-hybridized carbons (Fsp3) is 0.588. The van der Waals surface area contributed by atoms with Gasteiger partial charge in [-0.25, -0.2) is 0 Å². The molecule has 6 heteroatoms. The molecular formula is C17H23ClN2O3. The molecule has 1 aromatic rings. The van der Waals surface area contributed by atoms with Crippen LogP contribution in [0.2, 0.25) is 5.02 Å². The van der Waals surface area contributed by atoms with Crippen molar-refractivity contribution in [3.63, 3.8) is 0 Å². The highest BCUT2D eigenvalue weighted by Crippen LogP contribution is 2.31. The lowest BCUT2D eigenvalue weighted by atomic mass is 10.0. The van der Waals surface area contributed by atoms with E-state index in [0.717, 1.165) is 31.5 Å². The van der Waals surface area contributed by atoms with E-state index in [1.54, 1.807) is 0 Å². The van der Waals surface area contributed by atoms with Crippen molar-refractivity contribution in [2.45, 2.75) is 31.6 Å². The van der Waals surface area contributed by atoms with Gasteiger partial charge in [-0.15, -0.1) is 0 Å². The zero-order valence-corrected chi connectivity index (χ0v) is 14.1. The number of hydrogen-bond donors (Lipinski definition) is 1. The zero-order valence-electron chi connectivity index (χ0n) is 13.4. The van der Waals surface area contributed by atoms with Gasteiger partial charge in [0.15, 0.2) is 5.79 Å². The van der Waals surface area contributed by atoms with Crippen LogP contribution in [0, 0.1) is 0 Å². The lowest BCUT2D eigenvalue weighted by Crippen LogP contribution is -2.48. The number of amides is 1. The predicted molar refractivity (Wildman–Crippen MR) is 88.3 cm³/mol. The van der Waals surface area contributed by atoms with E-state index >= 15 is 0 Å². The molecule has 2 aliphatic rings. The van der Waals surface area contributed by atoms with E-state index in [4.69, 9.17) is 21.1 Å². The third kappa shape index (κ3) is 4.04. The second-order valence-electron chi connectivity index (χ2n) is 6.19. The maximum atomic E-state index is 12.3. The van der Waals surface area contributed by atoms with Crippen molar-refractivity contribution in [3.05, 3.63) is 34.9 Å². The first-order valence-electron chi connectivity index (χ1n) is 8.12. The van der Waals surface area contributed by atoms with Crippen LogP contribution < -0.4 is 5.32 Å². The fourth-order valence-corrected chi connectivity index (χ4v) is 3.53. The van der Waals surface area contributed by atoms with E-state index in [1.807, 2.05) is 31.2 Å². The van der Waals surface area contributed by atoms with Crippen LogP contribution in [0.3, 0.4) is 0 Å². The van der Waals surface area contributed by atoms with E-state index in [2.05, 4.69) is 10.2 Å². The Bertz CT molecular complexity index is 551. The minimum Gasteiger partial charge on any atom is -0.348 e. The average molecular weight is 339 g/mol. The number of rotatable bonds is 4. The first-order valence-corrected chi connectivity index (χ1v) is 8.50. The molecule has 1 unspecified atom stereocenters. The van der Waals surface area contributed by atoms with E-state index in [1.165, 1.54) is 0 Å². The van der Waals surface area contributed by atoms with Crippen LogP contribution in [0.4, 0.5) is 0 Å². The average Bonchev–Trinajstić information content (AvgIpc) is 2.98. The summed E-state index contributed by atoms with van der Waals surface area (Å²) in [6.45, 7) is 5.32.